The summed E-state index contributed by atoms with van der Waals surface area (Å²) in [5, 5.41) is 11.9. The Morgan fingerprint density at radius 3 is 2.80 bits per heavy atom. The molecule has 2 saturated heterocycles. The van der Waals surface area contributed by atoms with Gasteiger partial charge in [-0.25, -0.2) is 14.8 Å². The molecule has 2 fully saturated rings. The van der Waals surface area contributed by atoms with E-state index >= 15 is 0 Å². The van der Waals surface area contributed by atoms with E-state index in [0.29, 0.717) is 37.6 Å². The smallest absolute Gasteiger partial charge is 0.394 e. The number of anilines is 3. The first-order chi connectivity index (χ1) is 18.9. The molecule has 11 nitrogen and oxygen atoms in total. The van der Waals surface area contributed by atoms with Gasteiger partial charge in [-0.05, 0) is 38.5 Å². The molecular formula is C26H30F3N5O6. The number of hydrogen-bond donors (Lipinski definition) is 2. The molecule has 2 bridgehead atoms. The molecule has 0 saturated carbocycles. The minimum absolute atomic E-state index is 0.179. The number of ketones is 1. The number of aliphatic hydroxyl groups is 1. The number of halogens is 3. The van der Waals surface area contributed by atoms with Crippen LogP contribution in [-0.2, 0) is 9.47 Å². The van der Waals surface area contributed by atoms with Crippen molar-refractivity contribution in [3.63, 3.8) is 0 Å². The number of carbonyl (C=O) groups excluding carboxylic acids is 2. The van der Waals surface area contributed by atoms with Crippen LogP contribution in [0.2, 0.25) is 0 Å². The fourth-order valence-corrected chi connectivity index (χ4v) is 5.01. The van der Waals surface area contributed by atoms with Gasteiger partial charge < -0.3 is 24.2 Å². The highest BCUT2D eigenvalue weighted by atomic mass is 19.4. The lowest BCUT2D eigenvalue weighted by atomic mass is 10.0. The molecule has 0 radical (unpaired) electrons. The van der Waals surface area contributed by atoms with Crippen LogP contribution >= 0.6 is 0 Å². The fourth-order valence-electron chi connectivity index (χ4n) is 5.01. The Balaban J connectivity index is 1.31. The van der Waals surface area contributed by atoms with E-state index in [1.807, 2.05) is 18.7 Å². The number of nitrogens with zero attached hydrogens (tertiary/aromatic N) is 4. The topological polar surface area (TPSA) is 126 Å². The number of urea groups is 1. The molecule has 2 aromatic rings. The molecule has 3 aliphatic rings. The SMILES string of the molecule is CC1(C)OC[C@H](COc2ccnc(NC(=O)N3c4nc(C(=O)CC(CO)C(F)(F)F)ccc4N4CC[C@H]3C4)c2)O1. The quantitative estimate of drug-likeness (QED) is 0.463. The maximum atomic E-state index is 13.5. The van der Waals surface area contributed by atoms with Gasteiger partial charge in [0.1, 0.15) is 30.0 Å². The van der Waals surface area contributed by atoms with Crippen molar-refractivity contribution in [3.8, 4) is 5.75 Å². The lowest BCUT2D eigenvalue weighted by Gasteiger charge is -2.35. The van der Waals surface area contributed by atoms with E-state index in [1.54, 1.807) is 18.2 Å². The van der Waals surface area contributed by atoms with Gasteiger partial charge in [-0.2, -0.15) is 13.2 Å². The molecule has 2 amide bonds. The van der Waals surface area contributed by atoms with Gasteiger partial charge in [0.05, 0.1) is 30.9 Å². The highest BCUT2D eigenvalue weighted by molar-refractivity contribution is 6.05. The molecule has 0 spiro atoms. The molecule has 0 aromatic carbocycles. The predicted octanol–water partition coefficient (Wildman–Crippen LogP) is 3.38. The number of amides is 2. The van der Waals surface area contributed by atoms with E-state index in [1.165, 1.54) is 17.2 Å². The van der Waals surface area contributed by atoms with E-state index in [2.05, 4.69) is 15.3 Å². The summed E-state index contributed by atoms with van der Waals surface area (Å²) >= 11 is 0. The standard InChI is InChI=1S/C26H30F3N5O6/c1-25(2)39-14-18(40-25)13-38-17-5-7-30-22(10-17)32-24(37)34-16-6-8-33(11-16)20-4-3-19(31-23(20)34)21(36)9-15(12-35)26(27,28)29/h3-5,7,10,15-16,18,35H,6,8-9,11-14H2,1-2H3,(H,30,32,37)/t15?,16-,18-/m0/s1. The van der Waals surface area contributed by atoms with Crippen LogP contribution in [0.4, 0.5) is 35.3 Å². The van der Waals surface area contributed by atoms with Crippen molar-refractivity contribution in [1.82, 2.24) is 9.97 Å². The third kappa shape index (κ3) is 5.98. The van der Waals surface area contributed by atoms with E-state index in [-0.39, 0.29) is 36.1 Å². The van der Waals surface area contributed by atoms with Crippen LogP contribution in [0.3, 0.4) is 0 Å². The lowest BCUT2D eigenvalue weighted by molar-refractivity contribution is -0.182. The fraction of sp³-hybridized carbons (Fsp3) is 0.538. The number of nitrogens with one attached hydrogen (secondary N) is 1. The van der Waals surface area contributed by atoms with Gasteiger partial charge in [-0.1, -0.05) is 0 Å². The Hall–Kier alpha value is -3.49. The summed E-state index contributed by atoms with van der Waals surface area (Å²) in [5.41, 5.74) is 0.387. The second kappa shape index (κ2) is 10.8. The molecule has 2 aromatic heterocycles. The van der Waals surface area contributed by atoms with Gasteiger partial charge >= 0.3 is 12.2 Å². The van der Waals surface area contributed by atoms with Crippen LogP contribution < -0.4 is 19.9 Å². The Morgan fingerprint density at radius 1 is 1.30 bits per heavy atom. The highest BCUT2D eigenvalue weighted by Crippen LogP contribution is 2.39. The number of alkyl halides is 3. The normalized spacial score (nSPS) is 22.1. The molecule has 5 heterocycles. The number of aliphatic hydroxyl groups excluding tert-OH is 1. The molecule has 40 heavy (non-hydrogen) atoms. The molecule has 216 valence electrons. The van der Waals surface area contributed by atoms with Crippen LogP contribution in [0, 0.1) is 5.92 Å². The number of rotatable bonds is 8. The van der Waals surface area contributed by atoms with Crippen molar-refractivity contribution in [1.29, 1.82) is 0 Å². The Kier molecular flexibility index (Phi) is 7.59. The third-order valence-corrected chi connectivity index (χ3v) is 7.04. The zero-order chi connectivity index (χ0) is 28.7. The molecule has 3 aliphatic heterocycles. The van der Waals surface area contributed by atoms with Crippen molar-refractivity contribution in [2.45, 2.75) is 50.8 Å². The zero-order valence-electron chi connectivity index (χ0n) is 22.0. The third-order valence-electron chi connectivity index (χ3n) is 7.04. The maximum Gasteiger partial charge on any atom is 0.394 e. The summed E-state index contributed by atoms with van der Waals surface area (Å²) < 4.78 is 56.4. The van der Waals surface area contributed by atoms with Crippen molar-refractivity contribution >= 4 is 29.1 Å². The maximum absolute atomic E-state index is 13.5. The van der Waals surface area contributed by atoms with Crippen LogP contribution in [0.25, 0.3) is 0 Å². The number of pyridine rings is 2. The summed E-state index contributed by atoms with van der Waals surface area (Å²) in [5.74, 6) is -2.90. The monoisotopic (exact) mass is 565 g/mol. The van der Waals surface area contributed by atoms with Crippen molar-refractivity contribution < 1.29 is 42.1 Å². The second-order valence-electron chi connectivity index (χ2n) is 10.4. The minimum Gasteiger partial charge on any atom is -0.491 e. The summed E-state index contributed by atoms with van der Waals surface area (Å²) in [6.07, 6.45) is -3.80. The van der Waals surface area contributed by atoms with E-state index in [0.717, 1.165) is 0 Å². The molecular weight excluding hydrogens is 535 g/mol. The van der Waals surface area contributed by atoms with Gasteiger partial charge in [-0.3, -0.25) is 15.0 Å². The summed E-state index contributed by atoms with van der Waals surface area (Å²) in [6.45, 7) is 4.26. The zero-order valence-corrected chi connectivity index (χ0v) is 22.0. The van der Waals surface area contributed by atoms with Crippen molar-refractivity contribution in [3.05, 3.63) is 36.2 Å². The summed E-state index contributed by atoms with van der Waals surface area (Å²) in [4.78, 5) is 38.1. The van der Waals surface area contributed by atoms with Crippen molar-refractivity contribution in [2.75, 3.05) is 48.0 Å². The van der Waals surface area contributed by atoms with Crippen LogP contribution in [0.1, 0.15) is 37.2 Å². The minimum atomic E-state index is -4.73. The van der Waals surface area contributed by atoms with Gasteiger partial charge in [0.15, 0.2) is 17.4 Å². The number of fused-ring (bicyclic) bond motifs is 4. The Labute approximate surface area is 228 Å². The van der Waals surface area contributed by atoms with Crippen LogP contribution in [0.5, 0.6) is 5.75 Å². The summed E-state index contributed by atoms with van der Waals surface area (Å²) in [6, 6.07) is 5.33. The highest BCUT2D eigenvalue weighted by Gasteiger charge is 2.43. The lowest BCUT2D eigenvalue weighted by Crippen LogP contribution is -2.48. The van der Waals surface area contributed by atoms with Crippen LogP contribution in [-0.4, -0.2) is 83.9 Å². The molecule has 0 aliphatic carbocycles. The van der Waals surface area contributed by atoms with Crippen LogP contribution in [0.15, 0.2) is 30.5 Å². The average Bonchev–Trinajstić information content (AvgIpc) is 3.48. The Bertz CT molecular complexity index is 1280. The van der Waals surface area contributed by atoms with Gasteiger partial charge in [0.2, 0.25) is 0 Å². The van der Waals surface area contributed by atoms with Crippen molar-refractivity contribution in [2.24, 2.45) is 5.92 Å². The summed E-state index contributed by atoms with van der Waals surface area (Å²) in [7, 11) is 0. The molecule has 5 rings (SSSR count). The van der Waals surface area contributed by atoms with E-state index in [9.17, 15) is 22.8 Å². The van der Waals surface area contributed by atoms with Gasteiger partial charge in [0.25, 0.3) is 0 Å². The molecule has 14 heteroatoms. The molecule has 1 unspecified atom stereocenters. The number of carbonyl (C=O) groups is 2. The Morgan fingerprint density at radius 2 is 2.10 bits per heavy atom. The second-order valence-corrected chi connectivity index (χ2v) is 10.4. The first kappa shape index (κ1) is 28.1. The number of Topliss-reactive ketones (excluding diaryl/α,β-unsaturated/α-hetero) is 1. The number of hydrogen-bond acceptors (Lipinski definition) is 9. The van der Waals surface area contributed by atoms with Gasteiger partial charge in [0, 0.05) is 31.8 Å². The average molecular weight is 566 g/mol. The molecule has 2 N–H and O–H groups in total. The first-order valence-electron chi connectivity index (χ1n) is 12.9. The molecule has 3 atom stereocenters. The van der Waals surface area contributed by atoms with Gasteiger partial charge in [-0.15, -0.1) is 0 Å². The number of ether oxygens (including phenoxy) is 3. The number of aromatic nitrogens is 2. The van der Waals surface area contributed by atoms with E-state index < -0.39 is 42.7 Å². The van der Waals surface area contributed by atoms with E-state index in [4.69, 9.17) is 19.3 Å². The largest absolute Gasteiger partial charge is 0.491 e. The predicted molar refractivity (Wildman–Crippen MR) is 137 cm³/mol. The first-order valence-corrected chi connectivity index (χ1v) is 12.9.